The van der Waals surface area contributed by atoms with Crippen LogP contribution in [0.15, 0.2) is 24.3 Å². The van der Waals surface area contributed by atoms with Crippen molar-refractivity contribution in [1.82, 2.24) is 5.32 Å². The minimum absolute atomic E-state index is 0.259. The normalized spacial score (nSPS) is 12.3. The molecule has 1 aromatic rings. The zero-order chi connectivity index (χ0) is 14.6. The number of benzene rings is 1. The highest BCUT2D eigenvalue weighted by atomic mass is 16.5. The average molecular weight is 281 g/mol. The molecule has 0 fully saturated rings. The van der Waals surface area contributed by atoms with Gasteiger partial charge in [0, 0.05) is 18.7 Å². The van der Waals surface area contributed by atoms with Crippen LogP contribution in [0.5, 0.6) is 5.75 Å². The predicted molar refractivity (Wildman–Crippen MR) is 81.1 cm³/mol. The summed E-state index contributed by atoms with van der Waals surface area (Å²) >= 11 is 0. The number of nitrogens with one attached hydrogen (secondary N) is 1. The molecule has 0 spiro atoms. The van der Waals surface area contributed by atoms with Crippen molar-refractivity contribution in [2.75, 3.05) is 26.4 Å². The number of aliphatic hydroxyl groups excluding tert-OH is 1. The highest BCUT2D eigenvalue weighted by Crippen LogP contribution is 2.17. The van der Waals surface area contributed by atoms with E-state index in [0.717, 1.165) is 37.2 Å². The fourth-order valence-electron chi connectivity index (χ4n) is 1.75. The van der Waals surface area contributed by atoms with Gasteiger partial charge >= 0.3 is 0 Å². The van der Waals surface area contributed by atoms with Gasteiger partial charge in [0.1, 0.15) is 18.5 Å². The summed E-state index contributed by atoms with van der Waals surface area (Å²) in [6.45, 7) is 7.16. The topological polar surface area (TPSA) is 50.7 Å². The fourth-order valence-corrected chi connectivity index (χ4v) is 1.75. The van der Waals surface area contributed by atoms with Crippen LogP contribution in [-0.4, -0.2) is 37.6 Å². The van der Waals surface area contributed by atoms with Crippen molar-refractivity contribution in [1.29, 1.82) is 0 Å². The Hall–Kier alpha value is -1.10. The first-order chi connectivity index (χ1) is 9.77. The Kier molecular flexibility index (Phi) is 9.04. The number of aliphatic hydroxyl groups is 1. The number of rotatable bonds is 11. The van der Waals surface area contributed by atoms with Gasteiger partial charge in [0.05, 0.1) is 6.61 Å². The lowest BCUT2D eigenvalue weighted by atomic mass is 10.2. The van der Waals surface area contributed by atoms with E-state index in [1.165, 1.54) is 0 Å². The number of unbranched alkanes of at least 4 members (excludes halogenated alkanes) is 1. The quantitative estimate of drug-likeness (QED) is 0.611. The molecule has 20 heavy (non-hydrogen) atoms. The van der Waals surface area contributed by atoms with Crippen LogP contribution in [0.25, 0.3) is 0 Å². The molecule has 0 saturated carbocycles. The van der Waals surface area contributed by atoms with E-state index in [2.05, 4.69) is 19.2 Å². The average Bonchev–Trinajstić information content (AvgIpc) is 2.48. The molecular weight excluding hydrogens is 254 g/mol. The predicted octanol–water partition coefficient (Wildman–Crippen LogP) is 2.35. The van der Waals surface area contributed by atoms with Crippen LogP contribution in [0.2, 0.25) is 0 Å². The molecule has 0 aromatic heterocycles. The second kappa shape index (κ2) is 10.7. The second-order valence-electron chi connectivity index (χ2n) is 4.78. The van der Waals surface area contributed by atoms with Crippen LogP contribution in [-0.2, 0) is 11.3 Å². The van der Waals surface area contributed by atoms with Crippen molar-refractivity contribution in [3.63, 3.8) is 0 Å². The Labute approximate surface area is 122 Å². The first-order valence-corrected chi connectivity index (χ1v) is 7.45. The summed E-state index contributed by atoms with van der Waals surface area (Å²) in [7, 11) is 0. The second-order valence-corrected chi connectivity index (χ2v) is 4.78. The fraction of sp³-hybridized carbons (Fsp3) is 0.625. The molecule has 114 valence electrons. The molecule has 2 N–H and O–H groups in total. The third kappa shape index (κ3) is 6.89. The Morgan fingerprint density at radius 1 is 1.20 bits per heavy atom. The smallest absolute Gasteiger partial charge is 0.123 e. The monoisotopic (exact) mass is 281 g/mol. The van der Waals surface area contributed by atoms with Crippen molar-refractivity contribution in [3.05, 3.63) is 29.8 Å². The molecule has 0 saturated heterocycles. The van der Waals surface area contributed by atoms with Gasteiger partial charge in [-0.15, -0.1) is 0 Å². The highest BCUT2D eigenvalue weighted by Gasteiger charge is 2.08. The Balaban J connectivity index is 2.32. The number of hydrogen-bond acceptors (Lipinski definition) is 4. The molecule has 1 aromatic carbocycles. The minimum atomic E-state index is -0.584. The summed E-state index contributed by atoms with van der Waals surface area (Å²) in [4.78, 5) is 0. The summed E-state index contributed by atoms with van der Waals surface area (Å²) in [5, 5.41) is 13.1. The van der Waals surface area contributed by atoms with E-state index in [9.17, 15) is 5.11 Å². The van der Waals surface area contributed by atoms with E-state index < -0.39 is 6.10 Å². The first kappa shape index (κ1) is 17.0. The maximum atomic E-state index is 9.81. The first-order valence-electron chi connectivity index (χ1n) is 7.45. The van der Waals surface area contributed by atoms with E-state index in [1.807, 2.05) is 24.3 Å². The van der Waals surface area contributed by atoms with Gasteiger partial charge in [-0.1, -0.05) is 38.5 Å². The SMILES string of the molecule is CCCCOCC(O)COc1ccccc1CNCC. The zero-order valence-electron chi connectivity index (χ0n) is 12.6. The molecule has 1 rings (SSSR count). The Morgan fingerprint density at radius 2 is 2.00 bits per heavy atom. The maximum absolute atomic E-state index is 9.81. The van der Waals surface area contributed by atoms with E-state index in [4.69, 9.17) is 9.47 Å². The van der Waals surface area contributed by atoms with Crippen LogP contribution < -0.4 is 10.1 Å². The van der Waals surface area contributed by atoms with Crippen molar-refractivity contribution in [2.24, 2.45) is 0 Å². The van der Waals surface area contributed by atoms with E-state index in [0.29, 0.717) is 13.2 Å². The van der Waals surface area contributed by atoms with Crippen molar-refractivity contribution in [3.8, 4) is 5.75 Å². The highest BCUT2D eigenvalue weighted by molar-refractivity contribution is 5.33. The van der Waals surface area contributed by atoms with Crippen molar-refractivity contribution >= 4 is 0 Å². The van der Waals surface area contributed by atoms with Gasteiger partial charge in [-0.2, -0.15) is 0 Å². The third-order valence-corrected chi connectivity index (χ3v) is 2.92. The third-order valence-electron chi connectivity index (χ3n) is 2.92. The maximum Gasteiger partial charge on any atom is 0.123 e. The zero-order valence-corrected chi connectivity index (χ0v) is 12.6. The molecule has 0 heterocycles. The molecule has 0 amide bonds. The Bertz CT molecular complexity index is 357. The number of para-hydroxylation sites is 1. The number of hydrogen-bond donors (Lipinski definition) is 2. The molecule has 0 radical (unpaired) electrons. The van der Waals surface area contributed by atoms with E-state index in [-0.39, 0.29) is 6.61 Å². The molecule has 4 nitrogen and oxygen atoms in total. The summed E-state index contributed by atoms with van der Waals surface area (Å²) in [6.07, 6.45) is 1.54. The molecule has 0 bridgehead atoms. The minimum Gasteiger partial charge on any atom is -0.490 e. The largest absolute Gasteiger partial charge is 0.490 e. The van der Waals surface area contributed by atoms with Gasteiger partial charge in [0.15, 0.2) is 0 Å². The van der Waals surface area contributed by atoms with E-state index >= 15 is 0 Å². The van der Waals surface area contributed by atoms with Crippen LogP contribution >= 0.6 is 0 Å². The summed E-state index contributed by atoms with van der Waals surface area (Å²) in [6, 6.07) is 7.89. The number of ether oxygens (including phenoxy) is 2. The van der Waals surface area contributed by atoms with Gasteiger partial charge < -0.3 is 19.9 Å². The molecule has 1 unspecified atom stereocenters. The van der Waals surface area contributed by atoms with Crippen LogP contribution in [0.4, 0.5) is 0 Å². The van der Waals surface area contributed by atoms with Gasteiger partial charge in [0.2, 0.25) is 0 Å². The lowest BCUT2D eigenvalue weighted by Crippen LogP contribution is -2.24. The molecule has 0 aliphatic rings. The lowest BCUT2D eigenvalue weighted by molar-refractivity contribution is 0.0111. The van der Waals surface area contributed by atoms with Crippen LogP contribution in [0.1, 0.15) is 32.3 Å². The van der Waals surface area contributed by atoms with E-state index in [1.54, 1.807) is 0 Å². The Morgan fingerprint density at radius 3 is 2.75 bits per heavy atom. The molecule has 1 atom stereocenters. The summed E-state index contributed by atoms with van der Waals surface area (Å²) in [5.41, 5.74) is 1.11. The van der Waals surface area contributed by atoms with Crippen molar-refractivity contribution < 1.29 is 14.6 Å². The molecule has 0 aliphatic carbocycles. The summed E-state index contributed by atoms with van der Waals surface area (Å²) < 4.78 is 11.1. The van der Waals surface area contributed by atoms with Crippen LogP contribution in [0, 0.1) is 0 Å². The van der Waals surface area contributed by atoms with Gasteiger partial charge in [-0.05, 0) is 19.0 Å². The molecule has 4 heteroatoms. The van der Waals surface area contributed by atoms with Gasteiger partial charge in [0.25, 0.3) is 0 Å². The van der Waals surface area contributed by atoms with Crippen LogP contribution in [0.3, 0.4) is 0 Å². The van der Waals surface area contributed by atoms with Gasteiger partial charge in [-0.25, -0.2) is 0 Å². The summed E-state index contributed by atoms with van der Waals surface area (Å²) in [5.74, 6) is 0.820. The van der Waals surface area contributed by atoms with Crippen molar-refractivity contribution in [2.45, 2.75) is 39.3 Å². The molecule has 0 aliphatic heterocycles. The lowest BCUT2D eigenvalue weighted by Gasteiger charge is -2.15. The molecular formula is C16H27NO3. The van der Waals surface area contributed by atoms with Gasteiger partial charge in [-0.3, -0.25) is 0 Å². The standard InChI is InChI=1S/C16H27NO3/c1-3-5-10-19-12-15(18)13-20-16-9-7-6-8-14(16)11-17-4-2/h6-9,15,17-18H,3-5,10-13H2,1-2H3.